The predicted molar refractivity (Wildman–Crippen MR) is 71.7 cm³/mol. The zero-order chi connectivity index (χ0) is 14.2. The first-order valence-electron chi connectivity index (χ1n) is 6.50. The summed E-state index contributed by atoms with van der Waals surface area (Å²) < 4.78 is 1.69. The molecule has 1 aliphatic heterocycles. The summed E-state index contributed by atoms with van der Waals surface area (Å²) in [6.07, 6.45) is 2.82. The van der Waals surface area contributed by atoms with Crippen LogP contribution in [0.2, 0.25) is 0 Å². The van der Waals surface area contributed by atoms with E-state index in [1.165, 1.54) is 4.90 Å². The number of likely N-dealkylation sites (N-methyl/N-ethyl adjacent to an activating group) is 1. The van der Waals surface area contributed by atoms with Crippen molar-refractivity contribution in [2.24, 2.45) is 7.05 Å². The summed E-state index contributed by atoms with van der Waals surface area (Å²) in [6, 6.07) is -0.368. The number of aromatic nitrogens is 2. The molecule has 6 heteroatoms. The predicted octanol–water partition coefficient (Wildman–Crippen LogP) is 1.10. The summed E-state index contributed by atoms with van der Waals surface area (Å²) in [7, 11) is 3.50. The molecule has 1 aromatic rings. The van der Waals surface area contributed by atoms with E-state index in [2.05, 4.69) is 10.4 Å². The van der Waals surface area contributed by atoms with Gasteiger partial charge in [0.25, 0.3) is 0 Å². The smallest absolute Gasteiger partial charge is 0.247 e. The molecular formula is C13H20N4O2. The lowest BCUT2D eigenvalue weighted by Gasteiger charge is -2.19. The zero-order valence-electron chi connectivity index (χ0n) is 11.8. The highest BCUT2D eigenvalue weighted by atomic mass is 16.2. The highest BCUT2D eigenvalue weighted by Crippen LogP contribution is 2.24. The Morgan fingerprint density at radius 1 is 1.47 bits per heavy atom. The Morgan fingerprint density at radius 3 is 2.68 bits per heavy atom. The second-order valence-corrected chi connectivity index (χ2v) is 5.30. The second-order valence-electron chi connectivity index (χ2n) is 5.30. The number of amides is 2. The SMILES string of the molecule is CC(C)c1nn(C)cc1NC(=O)C1CCC(=O)N1C. The number of rotatable bonds is 3. The third-order valence-corrected chi connectivity index (χ3v) is 3.46. The molecule has 1 atom stereocenters. The van der Waals surface area contributed by atoms with Crippen molar-refractivity contribution in [3.05, 3.63) is 11.9 Å². The second kappa shape index (κ2) is 5.03. The summed E-state index contributed by atoms with van der Waals surface area (Å²) in [5.41, 5.74) is 1.60. The molecule has 2 amide bonds. The molecule has 1 aliphatic rings. The first-order chi connectivity index (χ1) is 8.90. The third-order valence-electron chi connectivity index (χ3n) is 3.46. The largest absolute Gasteiger partial charge is 0.334 e. The van der Waals surface area contributed by atoms with Gasteiger partial charge in [-0.05, 0) is 12.3 Å². The molecule has 0 aromatic carbocycles. The highest BCUT2D eigenvalue weighted by Gasteiger charge is 2.33. The Bertz CT molecular complexity index is 507. The summed E-state index contributed by atoms with van der Waals surface area (Å²) in [5.74, 6) is 0.123. The van der Waals surface area contributed by atoms with E-state index < -0.39 is 0 Å². The standard InChI is InChI=1S/C13H20N4O2/c1-8(2)12-9(7-16(3)15-12)14-13(19)10-5-6-11(18)17(10)4/h7-8,10H,5-6H2,1-4H3,(H,14,19). The molecule has 0 saturated carbocycles. The van der Waals surface area contributed by atoms with Gasteiger partial charge in [-0.15, -0.1) is 0 Å². The summed E-state index contributed by atoms with van der Waals surface area (Å²) in [4.78, 5) is 25.2. The fourth-order valence-corrected chi connectivity index (χ4v) is 2.36. The molecule has 1 unspecified atom stereocenters. The molecule has 0 spiro atoms. The maximum atomic E-state index is 12.2. The molecule has 104 valence electrons. The van der Waals surface area contributed by atoms with Gasteiger partial charge >= 0.3 is 0 Å². The fourth-order valence-electron chi connectivity index (χ4n) is 2.36. The van der Waals surface area contributed by atoms with Crippen LogP contribution in [0.1, 0.15) is 38.3 Å². The summed E-state index contributed by atoms with van der Waals surface area (Å²) in [5, 5.41) is 7.23. The van der Waals surface area contributed by atoms with Crippen LogP contribution in [0.5, 0.6) is 0 Å². The Balaban J connectivity index is 2.13. The van der Waals surface area contributed by atoms with Crippen molar-refractivity contribution in [2.45, 2.75) is 38.6 Å². The number of anilines is 1. The molecule has 19 heavy (non-hydrogen) atoms. The molecule has 6 nitrogen and oxygen atoms in total. The number of carbonyl (C=O) groups excluding carboxylic acids is 2. The lowest BCUT2D eigenvalue weighted by atomic mass is 10.1. The van der Waals surface area contributed by atoms with E-state index in [-0.39, 0.29) is 23.8 Å². The van der Waals surface area contributed by atoms with Gasteiger partial charge in [0.05, 0.1) is 11.4 Å². The molecule has 1 N–H and O–H groups in total. The van der Waals surface area contributed by atoms with Crippen molar-refractivity contribution in [2.75, 3.05) is 12.4 Å². The molecule has 1 fully saturated rings. The summed E-state index contributed by atoms with van der Waals surface area (Å²) in [6.45, 7) is 4.06. The number of nitrogens with one attached hydrogen (secondary N) is 1. The van der Waals surface area contributed by atoms with Crippen LogP contribution in [0, 0.1) is 0 Å². The van der Waals surface area contributed by atoms with E-state index in [4.69, 9.17) is 0 Å². The lowest BCUT2D eigenvalue weighted by molar-refractivity contribution is -0.131. The Hall–Kier alpha value is -1.85. The van der Waals surface area contributed by atoms with Gasteiger partial charge in [-0.2, -0.15) is 5.10 Å². The van der Waals surface area contributed by atoms with E-state index in [9.17, 15) is 9.59 Å². The van der Waals surface area contributed by atoms with Crippen LogP contribution in [0.15, 0.2) is 6.20 Å². The van der Waals surface area contributed by atoms with E-state index in [0.717, 1.165) is 11.4 Å². The average Bonchev–Trinajstić information content (AvgIpc) is 2.84. The maximum absolute atomic E-state index is 12.2. The van der Waals surface area contributed by atoms with Gasteiger partial charge in [0, 0.05) is 26.7 Å². The van der Waals surface area contributed by atoms with Gasteiger partial charge in [0.15, 0.2) is 0 Å². The Kier molecular flexibility index (Phi) is 3.59. The first kappa shape index (κ1) is 13.6. The van der Waals surface area contributed by atoms with Crippen molar-refractivity contribution in [3.63, 3.8) is 0 Å². The monoisotopic (exact) mass is 264 g/mol. The van der Waals surface area contributed by atoms with Gasteiger partial charge in [-0.25, -0.2) is 0 Å². The van der Waals surface area contributed by atoms with Crippen molar-refractivity contribution in [1.29, 1.82) is 0 Å². The Morgan fingerprint density at radius 2 is 2.16 bits per heavy atom. The minimum atomic E-state index is -0.368. The summed E-state index contributed by atoms with van der Waals surface area (Å²) >= 11 is 0. The van der Waals surface area contributed by atoms with Crippen LogP contribution in [0.4, 0.5) is 5.69 Å². The quantitative estimate of drug-likeness (QED) is 0.889. The number of aryl methyl sites for hydroxylation is 1. The third kappa shape index (κ3) is 2.62. The maximum Gasteiger partial charge on any atom is 0.247 e. The number of hydrogen-bond donors (Lipinski definition) is 1. The molecule has 0 bridgehead atoms. The molecular weight excluding hydrogens is 244 g/mol. The molecule has 1 aromatic heterocycles. The zero-order valence-corrected chi connectivity index (χ0v) is 11.8. The fraction of sp³-hybridized carbons (Fsp3) is 0.615. The number of hydrogen-bond acceptors (Lipinski definition) is 3. The van der Waals surface area contributed by atoms with Crippen LogP contribution in [0.3, 0.4) is 0 Å². The van der Waals surface area contributed by atoms with Crippen LogP contribution >= 0.6 is 0 Å². The molecule has 1 saturated heterocycles. The lowest BCUT2D eigenvalue weighted by Crippen LogP contribution is -2.39. The first-order valence-corrected chi connectivity index (χ1v) is 6.50. The molecule has 0 radical (unpaired) electrons. The number of likely N-dealkylation sites (tertiary alicyclic amines) is 1. The number of carbonyl (C=O) groups is 2. The van der Waals surface area contributed by atoms with Gasteiger partial charge in [0.1, 0.15) is 6.04 Å². The van der Waals surface area contributed by atoms with E-state index >= 15 is 0 Å². The van der Waals surface area contributed by atoms with Crippen molar-refractivity contribution >= 4 is 17.5 Å². The average molecular weight is 264 g/mol. The Labute approximate surface area is 112 Å². The normalized spacial score (nSPS) is 19.3. The van der Waals surface area contributed by atoms with E-state index in [0.29, 0.717) is 12.8 Å². The van der Waals surface area contributed by atoms with Crippen LogP contribution in [0.25, 0.3) is 0 Å². The van der Waals surface area contributed by atoms with Gasteiger partial charge in [0.2, 0.25) is 11.8 Å². The van der Waals surface area contributed by atoms with Crippen molar-refractivity contribution in [1.82, 2.24) is 14.7 Å². The topological polar surface area (TPSA) is 67.2 Å². The van der Waals surface area contributed by atoms with Gasteiger partial charge in [-0.3, -0.25) is 14.3 Å². The van der Waals surface area contributed by atoms with Crippen LogP contribution in [-0.2, 0) is 16.6 Å². The van der Waals surface area contributed by atoms with Crippen LogP contribution in [-0.4, -0.2) is 39.6 Å². The number of nitrogens with zero attached hydrogens (tertiary/aromatic N) is 3. The van der Waals surface area contributed by atoms with Gasteiger partial charge < -0.3 is 10.2 Å². The minimum Gasteiger partial charge on any atom is -0.334 e. The minimum absolute atomic E-state index is 0.0235. The van der Waals surface area contributed by atoms with Gasteiger partial charge in [-0.1, -0.05) is 13.8 Å². The molecule has 2 heterocycles. The van der Waals surface area contributed by atoms with Crippen molar-refractivity contribution < 1.29 is 9.59 Å². The van der Waals surface area contributed by atoms with Crippen LogP contribution < -0.4 is 5.32 Å². The highest BCUT2D eigenvalue weighted by molar-refractivity contribution is 5.99. The van der Waals surface area contributed by atoms with E-state index in [1.54, 1.807) is 17.9 Å². The van der Waals surface area contributed by atoms with Crippen molar-refractivity contribution in [3.8, 4) is 0 Å². The molecule has 0 aliphatic carbocycles. The van der Waals surface area contributed by atoms with E-state index in [1.807, 2.05) is 20.9 Å². The molecule has 2 rings (SSSR count).